The van der Waals surface area contributed by atoms with Crippen molar-refractivity contribution in [3.63, 3.8) is 0 Å². The molecular weight excluding hydrogens is 344 g/mol. The molecule has 0 amide bonds. The molecule has 0 aliphatic rings. The Labute approximate surface area is 149 Å². The number of hydrogen-bond acceptors (Lipinski definition) is 4. The maximum atomic E-state index is 12.2. The Morgan fingerprint density at radius 2 is 1.58 bits per heavy atom. The van der Waals surface area contributed by atoms with Crippen molar-refractivity contribution < 1.29 is 12.6 Å². The molecule has 0 aromatic heterocycles. The third kappa shape index (κ3) is 8.37. The molecule has 0 saturated heterocycles. The zero-order chi connectivity index (χ0) is 18.0. The highest BCUT2D eigenvalue weighted by molar-refractivity contribution is 8.09. The van der Waals surface area contributed by atoms with E-state index in [0.29, 0.717) is 5.75 Å². The topological polar surface area (TPSA) is 68.5 Å². The molecule has 0 spiro atoms. The van der Waals surface area contributed by atoms with E-state index in [2.05, 4.69) is 11.1 Å². The second-order valence-electron chi connectivity index (χ2n) is 6.22. The third-order valence-electron chi connectivity index (χ3n) is 3.57. The minimum atomic E-state index is -3.84. The van der Waals surface area contributed by atoms with E-state index in [1.165, 1.54) is 31.4 Å². The summed E-state index contributed by atoms with van der Waals surface area (Å²) in [6, 6.07) is 6.58. The van der Waals surface area contributed by atoms with E-state index in [-0.39, 0.29) is 4.90 Å². The van der Waals surface area contributed by atoms with E-state index in [4.69, 9.17) is 0 Å². The van der Waals surface area contributed by atoms with Crippen molar-refractivity contribution in [3.8, 4) is 0 Å². The molecule has 24 heavy (non-hydrogen) atoms. The Morgan fingerprint density at radius 3 is 2.17 bits per heavy atom. The Morgan fingerprint density at radius 1 is 1.00 bits per heavy atom. The molecule has 0 saturated carbocycles. The van der Waals surface area contributed by atoms with Gasteiger partial charge in [0.2, 0.25) is 0 Å². The molecule has 0 aliphatic carbocycles. The van der Waals surface area contributed by atoms with Crippen LogP contribution >= 0.6 is 0 Å². The van der Waals surface area contributed by atoms with Crippen LogP contribution in [0.5, 0.6) is 0 Å². The first-order chi connectivity index (χ1) is 11.3. The molecule has 0 N–H and O–H groups in total. The van der Waals surface area contributed by atoms with Gasteiger partial charge in [0.15, 0.2) is 0 Å². The molecule has 0 fully saturated rings. The average Bonchev–Trinajstić information content (AvgIpc) is 2.50. The van der Waals surface area contributed by atoms with Crippen LogP contribution in [0.3, 0.4) is 0 Å². The normalized spacial score (nSPS) is 13.3. The summed E-state index contributed by atoms with van der Waals surface area (Å²) in [4.78, 5) is 2.10. The Kier molecular flexibility index (Phi) is 9.73. The number of sulfonamides is 1. The van der Waals surface area contributed by atoms with E-state index in [1.54, 1.807) is 12.1 Å². The molecule has 1 rings (SSSR count). The van der Waals surface area contributed by atoms with Gasteiger partial charge in [-0.25, -0.2) is 8.42 Å². The van der Waals surface area contributed by atoms with Crippen molar-refractivity contribution in [1.29, 1.82) is 0 Å². The lowest BCUT2D eigenvalue weighted by Crippen LogP contribution is -2.11. The summed E-state index contributed by atoms with van der Waals surface area (Å²) >= 11 is 0. The molecule has 0 radical (unpaired) electrons. The van der Waals surface area contributed by atoms with Crippen molar-refractivity contribution in [2.45, 2.75) is 56.9 Å². The van der Waals surface area contributed by atoms with Gasteiger partial charge < -0.3 is 9.03 Å². The summed E-state index contributed by atoms with van der Waals surface area (Å²) in [6.07, 6.45) is 6.40. The van der Waals surface area contributed by atoms with Gasteiger partial charge in [0.1, 0.15) is 10.0 Å². The molecule has 0 aliphatic heterocycles. The smallest absolute Gasteiger partial charge is 0.110 e. The van der Waals surface area contributed by atoms with Crippen LogP contribution in [0.15, 0.2) is 29.2 Å². The monoisotopic (exact) mass is 373 g/mol. The highest BCUT2D eigenvalue weighted by Gasteiger charge is 2.07. The van der Waals surface area contributed by atoms with Gasteiger partial charge in [-0.15, -0.1) is 0 Å². The number of hydrogen-bond donors (Lipinski definition) is 0. The summed E-state index contributed by atoms with van der Waals surface area (Å²) in [5.41, 5.74) is 1.02. The first kappa shape index (κ1) is 21.3. The molecule has 0 bridgehead atoms. The van der Waals surface area contributed by atoms with Crippen molar-refractivity contribution in [1.82, 2.24) is 4.90 Å². The molecule has 1 aromatic carbocycles. The Balaban J connectivity index is 2.46. The van der Waals surface area contributed by atoms with Gasteiger partial charge in [-0.3, -0.25) is 4.21 Å². The Bertz CT molecular complexity index is 599. The van der Waals surface area contributed by atoms with Crippen molar-refractivity contribution in [2.75, 3.05) is 19.8 Å². The van der Waals surface area contributed by atoms with Crippen LogP contribution in [0.25, 0.3) is 4.13 Å². The number of nitrogens with zero attached hydrogens (tertiary/aromatic N) is 2. The van der Waals surface area contributed by atoms with Gasteiger partial charge in [0.25, 0.3) is 0 Å². The van der Waals surface area contributed by atoms with Crippen LogP contribution in [0.2, 0.25) is 0 Å². The zero-order valence-corrected chi connectivity index (χ0v) is 16.5. The predicted molar refractivity (Wildman–Crippen MR) is 101 cm³/mol. The van der Waals surface area contributed by atoms with Gasteiger partial charge in [-0.2, -0.15) is 0 Å². The summed E-state index contributed by atoms with van der Waals surface area (Å²) in [5.74, 6) is 0.310. The van der Waals surface area contributed by atoms with E-state index in [9.17, 15) is 12.6 Å². The standard InChI is InChI=1S/C17H29N2O3S2/c1-4-5-6-7-8-9-14-23(20)18-24(21,22)17-12-10-16(11-13-17)15-19(2)3/h10-13H,4-9,14-15H2,1-3H3/q-1. The van der Waals surface area contributed by atoms with Crippen LogP contribution in [0.4, 0.5) is 0 Å². The number of benzene rings is 1. The van der Waals surface area contributed by atoms with Crippen LogP contribution in [-0.2, 0) is 27.6 Å². The fourth-order valence-electron chi connectivity index (χ4n) is 2.33. The molecule has 7 heteroatoms. The quantitative estimate of drug-likeness (QED) is 0.522. The molecule has 5 nitrogen and oxygen atoms in total. The zero-order valence-electron chi connectivity index (χ0n) is 14.9. The lowest BCUT2D eigenvalue weighted by molar-refractivity contribution is 0.402. The second kappa shape index (κ2) is 11.0. The van der Waals surface area contributed by atoms with Crippen molar-refractivity contribution in [3.05, 3.63) is 34.0 Å². The molecular formula is C17H29N2O3S2-. The first-order valence-electron chi connectivity index (χ1n) is 8.45. The maximum Gasteiger partial charge on any atom is 0.110 e. The van der Waals surface area contributed by atoms with Crippen LogP contribution in [-0.4, -0.2) is 37.4 Å². The van der Waals surface area contributed by atoms with E-state index < -0.39 is 21.0 Å². The predicted octanol–water partition coefficient (Wildman–Crippen LogP) is 3.83. The fraction of sp³-hybridized carbons (Fsp3) is 0.647. The summed E-state index contributed by atoms with van der Waals surface area (Å²) < 4.78 is 39.8. The van der Waals surface area contributed by atoms with Gasteiger partial charge >= 0.3 is 0 Å². The summed E-state index contributed by atoms with van der Waals surface area (Å²) in [6.45, 7) is 2.90. The van der Waals surface area contributed by atoms with E-state index >= 15 is 0 Å². The third-order valence-corrected chi connectivity index (χ3v) is 6.53. The van der Waals surface area contributed by atoms with Crippen molar-refractivity contribution >= 4 is 21.0 Å². The van der Waals surface area contributed by atoms with Gasteiger partial charge in [0, 0.05) is 17.2 Å². The molecule has 0 heterocycles. The number of unbranched alkanes of at least 4 members (excludes halogenated alkanes) is 5. The van der Waals surface area contributed by atoms with Gasteiger partial charge in [-0.05, 0) is 38.2 Å². The summed E-state index contributed by atoms with van der Waals surface area (Å²) in [7, 11) is -1.63. The highest BCUT2D eigenvalue weighted by Crippen LogP contribution is 2.20. The average molecular weight is 374 g/mol. The lowest BCUT2D eigenvalue weighted by Gasteiger charge is -2.20. The highest BCUT2D eigenvalue weighted by atomic mass is 32.3. The van der Waals surface area contributed by atoms with Gasteiger partial charge in [0.05, 0.1) is 0 Å². The van der Waals surface area contributed by atoms with E-state index in [0.717, 1.165) is 31.4 Å². The Hall–Kier alpha value is -0.760. The van der Waals surface area contributed by atoms with Crippen LogP contribution < -0.4 is 0 Å². The van der Waals surface area contributed by atoms with Gasteiger partial charge in [-0.1, -0.05) is 62.1 Å². The van der Waals surface area contributed by atoms with Crippen LogP contribution in [0, 0.1) is 0 Å². The molecule has 1 aromatic rings. The lowest BCUT2D eigenvalue weighted by atomic mass is 10.1. The first-order valence-corrected chi connectivity index (χ1v) is 11.2. The fourth-order valence-corrected chi connectivity index (χ4v) is 4.78. The van der Waals surface area contributed by atoms with E-state index in [1.807, 2.05) is 19.0 Å². The summed E-state index contributed by atoms with van der Waals surface area (Å²) in [5, 5.41) is 0. The maximum absolute atomic E-state index is 12.2. The molecule has 1 unspecified atom stereocenters. The molecule has 1 atom stereocenters. The van der Waals surface area contributed by atoms with Crippen molar-refractivity contribution in [2.24, 2.45) is 0 Å². The minimum absolute atomic E-state index is 0.0984. The SMILES string of the molecule is CCCCCCCCS(=O)[N-]S(=O)(=O)c1ccc(CN(C)C)cc1. The molecule has 138 valence electrons. The number of rotatable bonds is 12. The largest absolute Gasteiger partial charge is 0.459 e. The second-order valence-corrected chi connectivity index (χ2v) is 9.29. The minimum Gasteiger partial charge on any atom is -0.459 e. The van der Waals surface area contributed by atoms with Crippen LogP contribution in [0.1, 0.15) is 51.0 Å².